The van der Waals surface area contributed by atoms with E-state index in [1.165, 1.54) is 12.0 Å². The molecule has 22 heavy (non-hydrogen) atoms. The topological polar surface area (TPSA) is 34.1 Å². The number of allylic oxidation sites excluding steroid dienone is 1. The zero-order valence-electron chi connectivity index (χ0n) is 13.4. The maximum absolute atomic E-state index is 12.4. The molecule has 0 saturated heterocycles. The highest BCUT2D eigenvalue weighted by atomic mass is 32.1. The maximum Gasteiger partial charge on any atom is 0.155 e. The van der Waals surface area contributed by atoms with Crippen LogP contribution in [0.5, 0.6) is 0 Å². The second kappa shape index (κ2) is 4.96. The largest absolute Gasteiger partial charge is 0.299 e. The SMILES string of the molecule is C[C@]12CC[C@@H]3[C@@H](CCC4=CC(=O)CC[C@@]43CS)[C@@H]1CCC2=O. The number of carbonyl (C=O) groups is 2. The second-order valence-electron chi connectivity index (χ2n) is 8.28. The van der Waals surface area contributed by atoms with Gasteiger partial charge >= 0.3 is 0 Å². The van der Waals surface area contributed by atoms with Gasteiger partial charge in [0.2, 0.25) is 0 Å². The molecule has 0 aliphatic heterocycles. The molecule has 0 aromatic rings. The number of hydrogen-bond donors (Lipinski definition) is 1. The highest BCUT2D eigenvalue weighted by molar-refractivity contribution is 7.80. The van der Waals surface area contributed by atoms with E-state index >= 15 is 0 Å². The van der Waals surface area contributed by atoms with Crippen molar-refractivity contribution in [2.45, 2.75) is 58.3 Å². The monoisotopic (exact) mass is 318 g/mol. The zero-order valence-corrected chi connectivity index (χ0v) is 14.3. The van der Waals surface area contributed by atoms with E-state index < -0.39 is 0 Å². The van der Waals surface area contributed by atoms with Crippen molar-refractivity contribution < 1.29 is 9.59 Å². The summed E-state index contributed by atoms with van der Waals surface area (Å²) < 4.78 is 0. The standard InChI is InChI=1S/C19H26O2S/c1-18-8-7-16-14(15(18)4-5-17(18)21)3-2-12-10-13(20)6-9-19(12,16)11-22/h10,14-16,22H,2-9,11H2,1H3/t14-,15-,16+,18-,19+/m0/s1. The Balaban J connectivity index is 1.73. The molecule has 3 heteroatoms. The molecule has 0 amide bonds. The fourth-order valence-corrected chi connectivity index (χ4v) is 7.02. The summed E-state index contributed by atoms with van der Waals surface area (Å²) in [5.41, 5.74) is 1.48. The third kappa shape index (κ3) is 1.81. The van der Waals surface area contributed by atoms with Gasteiger partial charge in [-0.15, -0.1) is 0 Å². The Morgan fingerprint density at radius 3 is 2.68 bits per heavy atom. The Morgan fingerprint density at radius 1 is 1.09 bits per heavy atom. The van der Waals surface area contributed by atoms with Crippen LogP contribution in [0.3, 0.4) is 0 Å². The summed E-state index contributed by atoms with van der Waals surface area (Å²) in [7, 11) is 0. The van der Waals surface area contributed by atoms with Crippen LogP contribution >= 0.6 is 12.6 Å². The van der Waals surface area contributed by atoms with Crippen LogP contribution in [-0.4, -0.2) is 17.3 Å². The number of ketones is 2. The van der Waals surface area contributed by atoms with E-state index in [0.717, 1.165) is 44.3 Å². The Labute approximate surface area is 138 Å². The number of thiol groups is 1. The molecule has 0 N–H and O–H groups in total. The lowest BCUT2D eigenvalue weighted by atomic mass is 9.47. The molecule has 5 atom stereocenters. The Bertz CT molecular complexity index is 566. The Morgan fingerprint density at radius 2 is 1.91 bits per heavy atom. The van der Waals surface area contributed by atoms with Crippen LogP contribution in [0.15, 0.2) is 11.6 Å². The first-order valence-electron chi connectivity index (χ1n) is 8.89. The molecule has 4 aliphatic carbocycles. The molecule has 0 aromatic carbocycles. The van der Waals surface area contributed by atoms with Crippen molar-refractivity contribution in [2.75, 3.05) is 5.75 Å². The minimum Gasteiger partial charge on any atom is -0.299 e. The van der Waals surface area contributed by atoms with Crippen LogP contribution < -0.4 is 0 Å². The van der Waals surface area contributed by atoms with E-state index in [1.54, 1.807) is 0 Å². The third-order valence-corrected chi connectivity index (χ3v) is 8.24. The molecule has 0 heterocycles. The van der Waals surface area contributed by atoms with Crippen LogP contribution in [0.4, 0.5) is 0 Å². The van der Waals surface area contributed by atoms with E-state index in [1.807, 2.05) is 6.08 Å². The van der Waals surface area contributed by atoms with Gasteiger partial charge in [0.15, 0.2) is 5.78 Å². The quantitative estimate of drug-likeness (QED) is 0.742. The van der Waals surface area contributed by atoms with Gasteiger partial charge < -0.3 is 0 Å². The number of Topliss-reactive ketones (excluding diaryl/α,β-unsaturated/α-hetero) is 1. The normalized spacial score (nSPS) is 47.5. The summed E-state index contributed by atoms with van der Waals surface area (Å²) in [5, 5.41) is 0. The van der Waals surface area contributed by atoms with Gasteiger partial charge in [-0.1, -0.05) is 12.5 Å². The van der Waals surface area contributed by atoms with Crippen LogP contribution in [0.25, 0.3) is 0 Å². The Kier molecular flexibility index (Phi) is 3.38. The fourth-order valence-electron chi connectivity index (χ4n) is 6.43. The number of fused-ring (bicyclic) bond motifs is 5. The Hall–Kier alpha value is -0.570. The molecule has 3 fully saturated rings. The summed E-state index contributed by atoms with van der Waals surface area (Å²) in [6, 6.07) is 0. The molecular weight excluding hydrogens is 292 g/mol. The summed E-state index contributed by atoms with van der Waals surface area (Å²) >= 11 is 4.74. The lowest BCUT2D eigenvalue weighted by Crippen LogP contribution is -2.52. The molecule has 4 aliphatic rings. The van der Waals surface area contributed by atoms with Crippen molar-refractivity contribution in [1.82, 2.24) is 0 Å². The second-order valence-corrected chi connectivity index (χ2v) is 8.60. The van der Waals surface area contributed by atoms with Gasteiger partial charge in [0, 0.05) is 23.7 Å². The number of carbonyl (C=O) groups excluding carboxylic acids is 2. The van der Waals surface area contributed by atoms with Gasteiger partial charge in [0.1, 0.15) is 5.78 Å². The van der Waals surface area contributed by atoms with E-state index in [9.17, 15) is 9.59 Å². The average Bonchev–Trinajstić information content (AvgIpc) is 2.82. The maximum atomic E-state index is 12.4. The van der Waals surface area contributed by atoms with Crippen LogP contribution in [0.2, 0.25) is 0 Å². The van der Waals surface area contributed by atoms with Gasteiger partial charge in [-0.2, -0.15) is 12.6 Å². The molecule has 0 aromatic heterocycles. The summed E-state index contributed by atoms with van der Waals surface area (Å²) in [5.74, 6) is 3.57. The van der Waals surface area contributed by atoms with E-state index in [0.29, 0.717) is 35.7 Å². The van der Waals surface area contributed by atoms with Crippen molar-refractivity contribution in [3.8, 4) is 0 Å². The van der Waals surface area contributed by atoms with Gasteiger partial charge in [-0.05, 0) is 68.1 Å². The summed E-state index contributed by atoms with van der Waals surface area (Å²) in [6.07, 6.45) is 9.93. The lowest BCUT2D eigenvalue weighted by molar-refractivity contribution is -0.132. The molecular formula is C19H26O2S. The van der Waals surface area contributed by atoms with Gasteiger partial charge in [0.05, 0.1) is 0 Å². The minimum atomic E-state index is -0.0509. The minimum absolute atomic E-state index is 0.0509. The molecule has 120 valence electrons. The molecule has 2 nitrogen and oxygen atoms in total. The molecule has 3 saturated carbocycles. The van der Waals surface area contributed by atoms with Crippen molar-refractivity contribution in [1.29, 1.82) is 0 Å². The molecule has 4 rings (SSSR count). The van der Waals surface area contributed by atoms with E-state index in [2.05, 4.69) is 6.92 Å². The van der Waals surface area contributed by atoms with Gasteiger partial charge in [-0.3, -0.25) is 9.59 Å². The molecule has 0 unspecified atom stereocenters. The predicted molar refractivity (Wildman–Crippen MR) is 89.9 cm³/mol. The van der Waals surface area contributed by atoms with Gasteiger partial charge in [-0.25, -0.2) is 0 Å². The predicted octanol–water partition coefficient (Wildman–Crippen LogP) is 4.00. The average molecular weight is 318 g/mol. The summed E-state index contributed by atoms with van der Waals surface area (Å²) in [4.78, 5) is 24.3. The first-order valence-corrected chi connectivity index (χ1v) is 9.52. The van der Waals surface area contributed by atoms with Crippen molar-refractivity contribution in [3.63, 3.8) is 0 Å². The highest BCUT2D eigenvalue weighted by Crippen LogP contribution is 2.64. The van der Waals surface area contributed by atoms with Gasteiger partial charge in [0.25, 0.3) is 0 Å². The summed E-state index contributed by atoms with van der Waals surface area (Å²) in [6.45, 7) is 2.23. The molecule has 0 spiro atoms. The van der Waals surface area contributed by atoms with Crippen LogP contribution in [-0.2, 0) is 9.59 Å². The third-order valence-electron chi connectivity index (χ3n) is 7.68. The molecule has 0 radical (unpaired) electrons. The van der Waals surface area contributed by atoms with Crippen LogP contribution in [0.1, 0.15) is 58.3 Å². The van der Waals surface area contributed by atoms with Crippen LogP contribution in [0, 0.1) is 28.6 Å². The van der Waals surface area contributed by atoms with E-state index in [-0.39, 0.29) is 10.8 Å². The van der Waals surface area contributed by atoms with Crippen molar-refractivity contribution in [2.24, 2.45) is 28.6 Å². The number of hydrogen-bond acceptors (Lipinski definition) is 3. The first kappa shape index (κ1) is 15.0. The zero-order chi connectivity index (χ0) is 15.5. The smallest absolute Gasteiger partial charge is 0.155 e. The molecule has 0 bridgehead atoms. The van der Waals surface area contributed by atoms with Crippen molar-refractivity contribution >= 4 is 24.2 Å². The fraction of sp³-hybridized carbons (Fsp3) is 0.789. The highest BCUT2D eigenvalue weighted by Gasteiger charge is 2.59. The lowest BCUT2D eigenvalue weighted by Gasteiger charge is -2.57. The van der Waals surface area contributed by atoms with Crippen molar-refractivity contribution in [3.05, 3.63) is 11.6 Å². The number of rotatable bonds is 1. The first-order chi connectivity index (χ1) is 10.5. The van der Waals surface area contributed by atoms with E-state index in [4.69, 9.17) is 12.6 Å².